The van der Waals surface area contributed by atoms with Gasteiger partial charge in [-0.25, -0.2) is 10.9 Å². The lowest BCUT2D eigenvalue weighted by molar-refractivity contribution is 0.0807. The van der Waals surface area contributed by atoms with Crippen molar-refractivity contribution < 1.29 is 4.79 Å². The first-order valence-electron chi connectivity index (χ1n) is 9.30. The summed E-state index contributed by atoms with van der Waals surface area (Å²) in [5, 5.41) is 7.74. The Bertz CT molecular complexity index is 894. The van der Waals surface area contributed by atoms with Crippen LogP contribution < -0.4 is 22.2 Å². The van der Waals surface area contributed by atoms with Crippen molar-refractivity contribution in [3.8, 4) is 0 Å². The summed E-state index contributed by atoms with van der Waals surface area (Å²) in [4.78, 5) is 19.3. The zero-order valence-corrected chi connectivity index (χ0v) is 17.2. The van der Waals surface area contributed by atoms with Gasteiger partial charge in [-0.15, -0.1) is 0 Å². The van der Waals surface area contributed by atoms with E-state index in [0.717, 1.165) is 47.2 Å². The fourth-order valence-corrected chi connectivity index (χ4v) is 4.46. The topological polar surface area (TPSA) is 113 Å². The average molecular weight is 446 g/mol. The molecule has 6 N–H and O–H groups in total. The highest BCUT2D eigenvalue weighted by Gasteiger charge is 2.37. The molecular weight excluding hydrogens is 422 g/mol. The molecule has 1 unspecified atom stereocenters. The van der Waals surface area contributed by atoms with E-state index in [1.807, 2.05) is 13.1 Å². The molecule has 0 bridgehead atoms. The SMILES string of the molecule is Cc1cncc(C(=O)N(N)C2=CNC3NC=C(Br)C(N4CCC[C@@H](N)C4)=C23)c1. The number of aromatic nitrogens is 1. The Hall–Kier alpha value is -2.36. The minimum absolute atomic E-state index is 0.131. The number of rotatable bonds is 3. The molecule has 0 saturated carbocycles. The first kappa shape index (κ1) is 19.0. The molecule has 1 saturated heterocycles. The van der Waals surface area contributed by atoms with Gasteiger partial charge < -0.3 is 21.3 Å². The van der Waals surface area contributed by atoms with Crippen LogP contribution in [0.3, 0.4) is 0 Å². The molecule has 4 rings (SSSR count). The standard InChI is InChI=1S/C19H24BrN7O/c1-11-5-12(7-23-6-11)19(28)27(22)15-9-25-18-16(15)17(14(20)8-24-18)26-4-2-3-13(21)10-26/h5-9,13,18,24-25H,2-4,10,21-22H2,1H3/t13-,18?/m1/s1. The molecule has 3 aliphatic rings. The Morgan fingerprint density at radius 2 is 2.14 bits per heavy atom. The zero-order valence-electron chi connectivity index (χ0n) is 15.7. The van der Waals surface area contributed by atoms with Crippen LogP contribution in [0.25, 0.3) is 0 Å². The summed E-state index contributed by atoms with van der Waals surface area (Å²) in [6.07, 6.45) is 8.83. The molecule has 0 spiro atoms. The van der Waals surface area contributed by atoms with Gasteiger partial charge in [0.2, 0.25) is 0 Å². The number of nitrogens with two attached hydrogens (primary N) is 2. The van der Waals surface area contributed by atoms with E-state index in [4.69, 9.17) is 11.6 Å². The van der Waals surface area contributed by atoms with Gasteiger partial charge in [0.05, 0.1) is 21.4 Å². The normalized spacial score (nSPS) is 24.1. The highest BCUT2D eigenvalue weighted by atomic mass is 79.9. The molecule has 0 aliphatic carbocycles. The Labute approximate surface area is 172 Å². The predicted octanol–water partition coefficient (Wildman–Crippen LogP) is 0.993. The lowest BCUT2D eigenvalue weighted by Crippen LogP contribution is -2.47. The number of nitrogens with zero attached hydrogens (tertiary/aromatic N) is 3. The Morgan fingerprint density at radius 3 is 2.89 bits per heavy atom. The molecule has 2 atom stereocenters. The molecule has 1 aromatic heterocycles. The van der Waals surface area contributed by atoms with Gasteiger partial charge in [-0.2, -0.15) is 0 Å². The molecule has 1 fully saturated rings. The maximum Gasteiger partial charge on any atom is 0.274 e. The minimum Gasteiger partial charge on any atom is -0.369 e. The molecule has 148 valence electrons. The smallest absolute Gasteiger partial charge is 0.274 e. The second-order valence-electron chi connectivity index (χ2n) is 7.32. The second-order valence-corrected chi connectivity index (χ2v) is 8.18. The first-order valence-corrected chi connectivity index (χ1v) is 10.1. The molecular formula is C19H24BrN7O. The summed E-state index contributed by atoms with van der Waals surface area (Å²) in [5.41, 5.74) is 10.1. The van der Waals surface area contributed by atoms with E-state index in [1.165, 1.54) is 11.2 Å². The number of nitrogens with one attached hydrogen (secondary N) is 2. The Balaban J connectivity index is 1.70. The molecule has 1 amide bonds. The minimum atomic E-state index is -0.308. The summed E-state index contributed by atoms with van der Waals surface area (Å²) in [5.74, 6) is 5.98. The predicted molar refractivity (Wildman–Crippen MR) is 110 cm³/mol. The quantitative estimate of drug-likeness (QED) is 0.311. The molecule has 0 aromatic carbocycles. The number of aryl methyl sites for hydroxylation is 1. The van der Waals surface area contributed by atoms with Gasteiger partial charge in [0.1, 0.15) is 6.17 Å². The maximum absolute atomic E-state index is 13.0. The third-order valence-electron chi connectivity index (χ3n) is 5.18. The number of hydrogen-bond acceptors (Lipinski definition) is 7. The number of likely N-dealkylation sites (tertiary alicyclic amines) is 1. The molecule has 4 heterocycles. The van der Waals surface area contributed by atoms with Crippen LogP contribution >= 0.6 is 15.9 Å². The monoisotopic (exact) mass is 445 g/mol. The van der Waals surface area contributed by atoms with Crippen LogP contribution in [-0.2, 0) is 0 Å². The van der Waals surface area contributed by atoms with Crippen molar-refractivity contribution in [2.75, 3.05) is 13.1 Å². The van der Waals surface area contributed by atoms with E-state index in [-0.39, 0.29) is 18.1 Å². The Morgan fingerprint density at radius 1 is 1.36 bits per heavy atom. The number of carbonyl (C=O) groups is 1. The second kappa shape index (κ2) is 7.57. The van der Waals surface area contributed by atoms with Gasteiger partial charge in [-0.3, -0.25) is 9.78 Å². The van der Waals surface area contributed by atoms with Crippen molar-refractivity contribution in [2.45, 2.75) is 32.0 Å². The first-order chi connectivity index (χ1) is 13.5. The summed E-state index contributed by atoms with van der Waals surface area (Å²) >= 11 is 3.66. The largest absolute Gasteiger partial charge is 0.369 e. The van der Waals surface area contributed by atoms with Crippen molar-refractivity contribution in [2.24, 2.45) is 11.6 Å². The van der Waals surface area contributed by atoms with E-state index in [1.54, 1.807) is 18.5 Å². The van der Waals surface area contributed by atoms with Crippen LogP contribution in [0, 0.1) is 6.92 Å². The molecule has 9 heteroatoms. The molecule has 8 nitrogen and oxygen atoms in total. The van der Waals surface area contributed by atoms with Crippen LogP contribution in [0.2, 0.25) is 0 Å². The van der Waals surface area contributed by atoms with Crippen molar-refractivity contribution in [3.63, 3.8) is 0 Å². The highest BCUT2D eigenvalue weighted by molar-refractivity contribution is 9.12. The summed E-state index contributed by atoms with van der Waals surface area (Å²) in [6, 6.07) is 1.91. The Kier molecular flexibility index (Phi) is 5.13. The van der Waals surface area contributed by atoms with Gasteiger partial charge in [0, 0.05) is 49.5 Å². The number of fused-ring (bicyclic) bond motifs is 1. The number of allylic oxidation sites excluding steroid dienone is 1. The van der Waals surface area contributed by atoms with Gasteiger partial charge in [0.25, 0.3) is 5.91 Å². The highest BCUT2D eigenvalue weighted by Crippen LogP contribution is 2.36. The van der Waals surface area contributed by atoms with Crippen molar-refractivity contribution in [3.05, 3.63) is 63.4 Å². The van der Waals surface area contributed by atoms with Gasteiger partial charge in [-0.1, -0.05) is 0 Å². The zero-order chi connectivity index (χ0) is 19.8. The van der Waals surface area contributed by atoms with Gasteiger partial charge >= 0.3 is 0 Å². The number of hydrazine groups is 1. The van der Waals surface area contributed by atoms with E-state index in [9.17, 15) is 4.79 Å². The summed E-state index contributed by atoms with van der Waals surface area (Å²) in [7, 11) is 0. The fraction of sp³-hybridized carbons (Fsp3) is 0.368. The van der Waals surface area contributed by atoms with Gasteiger partial charge in [0.15, 0.2) is 0 Å². The lowest BCUT2D eigenvalue weighted by atomic mass is 10.0. The number of amides is 1. The van der Waals surface area contributed by atoms with Crippen LogP contribution in [0.1, 0.15) is 28.8 Å². The third-order valence-corrected chi connectivity index (χ3v) is 5.79. The van der Waals surface area contributed by atoms with Crippen molar-refractivity contribution >= 4 is 21.8 Å². The van der Waals surface area contributed by atoms with E-state index in [2.05, 4.69) is 36.4 Å². The van der Waals surface area contributed by atoms with E-state index >= 15 is 0 Å². The van der Waals surface area contributed by atoms with E-state index < -0.39 is 0 Å². The number of hydrogen-bond donors (Lipinski definition) is 4. The van der Waals surface area contributed by atoms with Crippen LogP contribution in [0.15, 0.2) is 52.3 Å². The van der Waals surface area contributed by atoms with Crippen LogP contribution in [0.4, 0.5) is 0 Å². The molecule has 3 aliphatic heterocycles. The fourth-order valence-electron chi connectivity index (χ4n) is 3.87. The number of pyridine rings is 1. The van der Waals surface area contributed by atoms with Gasteiger partial charge in [-0.05, 0) is 47.3 Å². The van der Waals surface area contributed by atoms with Crippen LogP contribution in [-0.4, -0.2) is 46.1 Å². The number of dihydropyridines is 1. The maximum atomic E-state index is 13.0. The average Bonchev–Trinajstić information content (AvgIpc) is 3.10. The lowest BCUT2D eigenvalue weighted by Gasteiger charge is -2.38. The molecule has 1 aromatic rings. The molecule has 28 heavy (non-hydrogen) atoms. The van der Waals surface area contributed by atoms with Crippen molar-refractivity contribution in [1.29, 1.82) is 0 Å². The van der Waals surface area contributed by atoms with E-state index in [0.29, 0.717) is 11.3 Å². The van der Waals surface area contributed by atoms with Crippen molar-refractivity contribution in [1.82, 2.24) is 25.5 Å². The summed E-state index contributed by atoms with van der Waals surface area (Å²) < 4.78 is 0.917. The van der Waals surface area contributed by atoms with Crippen LogP contribution in [0.5, 0.6) is 0 Å². The number of carbonyl (C=O) groups excluding carboxylic acids is 1. The number of piperidine rings is 1. The molecule has 0 radical (unpaired) electrons. The number of halogens is 1. The summed E-state index contributed by atoms with van der Waals surface area (Å²) in [6.45, 7) is 3.57. The third kappa shape index (κ3) is 3.41.